The zero-order valence-electron chi connectivity index (χ0n) is 5.06. The van der Waals surface area contributed by atoms with E-state index >= 15 is 0 Å². The second kappa shape index (κ2) is 5.23. The molecule has 2 nitrogen and oxygen atoms in total. The van der Waals surface area contributed by atoms with Crippen LogP contribution in [0.1, 0.15) is 19.8 Å². The smallest absolute Gasteiger partial charge is 0.331 e. The van der Waals surface area contributed by atoms with E-state index in [1.807, 2.05) is 6.92 Å². The molecule has 0 spiro atoms. The van der Waals surface area contributed by atoms with Crippen molar-refractivity contribution in [2.45, 2.75) is 24.6 Å². The van der Waals surface area contributed by atoms with Crippen molar-refractivity contribution in [3.05, 3.63) is 0 Å². The zero-order valence-corrected chi connectivity index (χ0v) is 8.24. The van der Waals surface area contributed by atoms with Crippen molar-refractivity contribution in [1.82, 2.24) is 0 Å². The molecule has 0 aromatic heterocycles. The molecule has 0 aliphatic rings. The maximum Gasteiger partial charge on any atom is 0.331 e. The Hall–Kier alpha value is 0.430. The van der Waals surface area contributed by atoms with Gasteiger partial charge in [-0.1, -0.05) is 29.3 Å². The number of carbonyl (C=O) groups is 1. The molecule has 0 fully saturated rings. The van der Waals surface area contributed by atoms with Crippen molar-refractivity contribution < 1.29 is 8.62 Å². The van der Waals surface area contributed by atoms with Crippen molar-refractivity contribution in [1.29, 1.82) is 0 Å². The van der Waals surface area contributed by atoms with Gasteiger partial charge >= 0.3 is 5.97 Å². The predicted molar refractivity (Wildman–Crippen MR) is 42.6 cm³/mol. The third kappa shape index (κ3) is 3.92. The summed E-state index contributed by atoms with van der Waals surface area (Å²) in [4.78, 5) is 10.4. The van der Waals surface area contributed by atoms with Crippen molar-refractivity contribution in [3.63, 3.8) is 0 Å². The summed E-state index contributed by atoms with van der Waals surface area (Å²) in [5.41, 5.74) is 0. The molecule has 0 radical (unpaired) electrons. The molecule has 0 aliphatic carbocycles. The maximum atomic E-state index is 10.6. The van der Waals surface area contributed by atoms with E-state index in [1.54, 1.807) is 0 Å². The summed E-state index contributed by atoms with van der Waals surface area (Å²) in [7, 11) is 0. The first kappa shape index (κ1) is 9.43. The first-order chi connectivity index (χ1) is 4.22. The van der Waals surface area contributed by atoms with Crippen LogP contribution < -0.4 is 0 Å². The first-order valence-electron chi connectivity index (χ1n) is 2.68. The lowest BCUT2D eigenvalue weighted by Gasteiger charge is -2.01. The van der Waals surface area contributed by atoms with Gasteiger partial charge in [-0.3, -0.25) is 0 Å². The maximum absolute atomic E-state index is 10.6. The van der Waals surface area contributed by atoms with Gasteiger partial charge in [0.25, 0.3) is 0 Å². The van der Waals surface area contributed by atoms with Gasteiger partial charge in [0.2, 0.25) is 0 Å². The van der Waals surface area contributed by atoms with Crippen LogP contribution >= 0.6 is 32.2 Å². The average Bonchev–Trinajstić information content (AvgIpc) is 1.87. The van der Waals surface area contributed by atoms with Crippen molar-refractivity contribution in [2.24, 2.45) is 0 Å². The minimum atomic E-state index is -0.267. The summed E-state index contributed by atoms with van der Waals surface area (Å²) in [5, 5.41) is 0. The highest BCUT2D eigenvalue weighted by molar-refractivity contribution is 9.10. The van der Waals surface area contributed by atoms with E-state index in [0.29, 0.717) is 0 Å². The van der Waals surface area contributed by atoms with Gasteiger partial charge in [0, 0.05) is 0 Å². The van der Waals surface area contributed by atoms with Crippen LogP contribution in [0.25, 0.3) is 0 Å². The molecule has 0 bridgehead atoms. The van der Waals surface area contributed by atoms with E-state index < -0.39 is 0 Å². The molecule has 54 valence electrons. The molecule has 9 heavy (non-hydrogen) atoms. The van der Waals surface area contributed by atoms with E-state index in [9.17, 15) is 4.79 Å². The lowest BCUT2D eigenvalue weighted by Crippen LogP contribution is -2.12. The number of alkyl halides is 1. The van der Waals surface area contributed by atoms with Gasteiger partial charge in [-0.05, 0) is 6.42 Å². The van der Waals surface area contributed by atoms with Crippen LogP contribution in [0.3, 0.4) is 0 Å². The van der Waals surface area contributed by atoms with Crippen molar-refractivity contribution >= 4 is 38.2 Å². The second-order valence-corrected chi connectivity index (χ2v) is 3.08. The molecule has 0 saturated carbocycles. The van der Waals surface area contributed by atoms with Crippen molar-refractivity contribution in [2.75, 3.05) is 0 Å². The number of halogens is 2. The van der Waals surface area contributed by atoms with Crippen molar-refractivity contribution in [3.8, 4) is 0 Å². The molecule has 4 heteroatoms. The van der Waals surface area contributed by atoms with Gasteiger partial charge in [-0.2, -0.15) is 0 Å². The first-order valence-corrected chi connectivity index (χ1v) is 4.25. The van der Waals surface area contributed by atoms with Gasteiger partial charge in [-0.25, -0.2) is 4.79 Å². The van der Waals surface area contributed by atoms with Crippen LogP contribution in [0.15, 0.2) is 0 Å². The highest BCUT2D eigenvalue weighted by Crippen LogP contribution is 2.10. The highest BCUT2D eigenvalue weighted by atomic mass is 79.9. The number of rotatable bonds is 3. The monoisotopic (exact) mass is 258 g/mol. The summed E-state index contributed by atoms with van der Waals surface area (Å²) in [6.45, 7) is 2.01. The summed E-state index contributed by atoms with van der Waals surface area (Å²) < 4.78 is 4.29. The molecule has 0 aliphatic heterocycles. The van der Waals surface area contributed by atoms with Crippen LogP contribution in [0, 0.1) is 0 Å². The molecule has 0 aromatic carbocycles. The Morgan fingerprint density at radius 2 is 2.33 bits per heavy atom. The fraction of sp³-hybridized carbons (Fsp3) is 0.800. The largest absolute Gasteiger partial charge is 0.383 e. The molecule has 0 saturated heterocycles. The molecule has 0 aromatic rings. The summed E-state index contributed by atoms with van der Waals surface area (Å²) in [6, 6.07) is 0. The van der Waals surface area contributed by atoms with Crippen LogP contribution in [0.2, 0.25) is 0 Å². The number of hydrogen-bond donors (Lipinski definition) is 0. The molecule has 1 unspecified atom stereocenters. The topological polar surface area (TPSA) is 26.3 Å². The Morgan fingerprint density at radius 1 is 1.78 bits per heavy atom. The molecule has 0 rings (SSSR count). The average molecular weight is 260 g/mol. The fourth-order valence-electron chi connectivity index (χ4n) is 0.420. The van der Waals surface area contributed by atoms with E-state index in [4.69, 9.17) is 0 Å². The quantitative estimate of drug-likeness (QED) is 0.728. The Morgan fingerprint density at radius 3 is 2.67 bits per heavy atom. The Labute approximate surface area is 71.5 Å². The van der Waals surface area contributed by atoms with E-state index in [-0.39, 0.29) is 10.8 Å². The predicted octanol–water partition coefficient (Wildman–Crippen LogP) is 2.40. The minimum absolute atomic E-state index is 0.165. The summed E-state index contributed by atoms with van der Waals surface area (Å²) in [6.07, 6.45) is 1.78. The van der Waals surface area contributed by atoms with Gasteiger partial charge in [0.15, 0.2) is 16.3 Å². The number of carbonyl (C=O) groups excluding carboxylic acids is 1. The van der Waals surface area contributed by atoms with Gasteiger partial charge in [0.1, 0.15) is 4.83 Å². The van der Waals surface area contributed by atoms with Gasteiger partial charge < -0.3 is 3.83 Å². The molecular weight excluding hydrogens is 252 g/mol. The van der Waals surface area contributed by atoms with Crippen LogP contribution in [-0.2, 0) is 8.62 Å². The second-order valence-electron chi connectivity index (χ2n) is 1.65. The zero-order chi connectivity index (χ0) is 7.28. The lowest BCUT2D eigenvalue weighted by atomic mass is 10.2. The van der Waals surface area contributed by atoms with Gasteiger partial charge in [-0.15, -0.1) is 0 Å². The summed E-state index contributed by atoms with van der Waals surface area (Å²) in [5.74, 6) is -0.267. The van der Waals surface area contributed by atoms with E-state index in [0.717, 1.165) is 12.8 Å². The standard InChI is InChI=1S/C5H8Br2O2/c1-2-3-4(6)5(8)9-7/h4H,2-3H2,1H3. The van der Waals surface area contributed by atoms with Crippen LogP contribution in [0.5, 0.6) is 0 Å². The van der Waals surface area contributed by atoms with Gasteiger partial charge in [0.05, 0.1) is 0 Å². The third-order valence-electron chi connectivity index (χ3n) is 0.874. The third-order valence-corrected chi connectivity index (χ3v) is 2.02. The normalized spacial score (nSPS) is 12.8. The SMILES string of the molecule is CCCC(Br)C(=O)OBr. The van der Waals surface area contributed by atoms with E-state index in [2.05, 4.69) is 36.0 Å². The van der Waals surface area contributed by atoms with E-state index in [1.165, 1.54) is 0 Å². The Bertz CT molecular complexity index is 95.0. The fourth-order valence-corrected chi connectivity index (χ4v) is 1.45. The molecule has 0 heterocycles. The van der Waals surface area contributed by atoms with Crippen LogP contribution in [-0.4, -0.2) is 10.8 Å². The Balaban J connectivity index is 3.45. The minimum Gasteiger partial charge on any atom is -0.383 e. The molecular formula is C5H8Br2O2. The summed E-state index contributed by atoms with van der Waals surface area (Å²) >= 11 is 5.76. The molecule has 0 amide bonds. The number of hydrogen-bond acceptors (Lipinski definition) is 2. The molecule has 0 N–H and O–H groups in total. The lowest BCUT2D eigenvalue weighted by molar-refractivity contribution is -0.131. The van der Waals surface area contributed by atoms with Crippen LogP contribution in [0.4, 0.5) is 0 Å². The molecule has 1 atom stereocenters. The Kier molecular flexibility index (Phi) is 5.48. The highest BCUT2D eigenvalue weighted by Gasteiger charge is 2.13.